The summed E-state index contributed by atoms with van der Waals surface area (Å²) in [6.07, 6.45) is 7.70. The van der Waals surface area contributed by atoms with Crippen LogP contribution in [0.4, 0.5) is 0 Å². The average Bonchev–Trinajstić information content (AvgIpc) is 3.57. The van der Waals surface area contributed by atoms with E-state index in [-0.39, 0.29) is 0 Å². The Morgan fingerprint density at radius 1 is 0.729 bits per heavy atom. The smallest absolute Gasteiger partial charge is 0.137 e. The van der Waals surface area contributed by atoms with Gasteiger partial charge in [0.2, 0.25) is 0 Å². The molecule has 3 aromatic heterocycles. The summed E-state index contributed by atoms with van der Waals surface area (Å²) >= 11 is 0. The highest BCUT2D eigenvalue weighted by Gasteiger charge is 2.17. The van der Waals surface area contributed by atoms with Crippen LogP contribution >= 0.6 is 0 Å². The molecule has 7 rings (SSSR count). The maximum Gasteiger partial charge on any atom is 0.137 e. The Hall–Kier alpha value is -5.16. The van der Waals surface area contributed by atoms with E-state index < -0.39 is 0 Å². The molecule has 0 saturated heterocycles. The van der Waals surface area contributed by atoms with Crippen LogP contribution < -0.4 is 4.74 Å². The van der Waals surface area contributed by atoms with E-state index in [2.05, 4.69) is 124 Å². The van der Waals surface area contributed by atoms with Gasteiger partial charge in [0.1, 0.15) is 17.3 Å². The number of hydrogen-bond donors (Lipinski definition) is 0. The monoisotopic (exact) mass is 632 g/mol. The summed E-state index contributed by atoms with van der Waals surface area (Å²) < 4.78 is 10.9. The Bertz CT molecular complexity index is 2210. The number of nitrogens with zero attached hydrogens (tertiary/aromatic N) is 4. The van der Waals surface area contributed by atoms with Crippen molar-refractivity contribution < 1.29 is 4.74 Å². The molecule has 0 spiro atoms. The molecule has 0 aliphatic rings. The number of ether oxygens (including phenoxy) is 1. The van der Waals surface area contributed by atoms with Crippen molar-refractivity contribution in [3.05, 3.63) is 132 Å². The van der Waals surface area contributed by atoms with Gasteiger partial charge in [0.05, 0.1) is 22.4 Å². The van der Waals surface area contributed by atoms with E-state index in [1.54, 1.807) is 0 Å². The molecular formula is C43H44N4O. The quantitative estimate of drug-likeness (QED) is 0.133. The summed E-state index contributed by atoms with van der Waals surface area (Å²) in [4.78, 5) is 4.89. The van der Waals surface area contributed by atoms with E-state index in [0.29, 0.717) is 5.92 Å². The number of benzene rings is 4. The van der Waals surface area contributed by atoms with E-state index >= 15 is 0 Å². The number of aryl methyl sites for hydroxylation is 2. The first-order valence-electron chi connectivity index (χ1n) is 17.3. The Balaban J connectivity index is 1.28. The predicted octanol–water partition coefficient (Wildman–Crippen LogP) is 11.4. The number of pyridine rings is 1. The normalized spacial score (nSPS) is 11.6. The highest BCUT2D eigenvalue weighted by Crippen LogP contribution is 2.37. The van der Waals surface area contributed by atoms with Gasteiger partial charge >= 0.3 is 0 Å². The van der Waals surface area contributed by atoms with Gasteiger partial charge in [-0.15, -0.1) is 0 Å². The fourth-order valence-corrected chi connectivity index (χ4v) is 7.01. The van der Waals surface area contributed by atoms with Crippen LogP contribution in [0.2, 0.25) is 0 Å². The summed E-state index contributed by atoms with van der Waals surface area (Å²) in [5.41, 5.74) is 10.3. The van der Waals surface area contributed by atoms with Crippen molar-refractivity contribution in [3.8, 4) is 34.1 Å². The van der Waals surface area contributed by atoms with E-state index in [1.165, 1.54) is 52.3 Å². The summed E-state index contributed by atoms with van der Waals surface area (Å²) in [6, 6.07) is 36.4. The van der Waals surface area contributed by atoms with Crippen molar-refractivity contribution in [1.82, 2.24) is 19.3 Å². The molecule has 5 heteroatoms. The van der Waals surface area contributed by atoms with Crippen LogP contribution in [0, 0.1) is 19.8 Å². The molecule has 0 fully saturated rings. The number of rotatable bonds is 11. The van der Waals surface area contributed by atoms with Crippen LogP contribution in [-0.2, 0) is 12.8 Å². The van der Waals surface area contributed by atoms with Crippen LogP contribution in [0.15, 0.2) is 109 Å². The van der Waals surface area contributed by atoms with E-state index in [9.17, 15) is 0 Å². The van der Waals surface area contributed by atoms with Crippen LogP contribution in [0.25, 0.3) is 44.4 Å². The van der Waals surface area contributed by atoms with Crippen molar-refractivity contribution >= 4 is 21.8 Å². The fourth-order valence-electron chi connectivity index (χ4n) is 7.01. The Labute approximate surface area is 283 Å². The molecule has 48 heavy (non-hydrogen) atoms. The molecule has 0 aliphatic carbocycles. The van der Waals surface area contributed by atoms with Gasteiger partial charge in [-0.05, 0) is 104 Å². The molecule has 0 bridgehead atoms. The third kappa shape index (κ3) is 6.25. The predicted molar refractivity (Wildman–Crippen MR) is 199 cm³/mol. The molecule has 5 nitrogen and oxygen atoms in total. The van der Waals surface area contributed by atoms with Crippen molar-refractivity contribution in [2.24, 2.45) is 5.92 Å². The second-order valence-electron chi connectivity index (χ2n) is 13.4. The summed E-state index contributed by atoms with van der Waals surface area (Å²) in [5, 5.41) is 7.37. The first kappa shape index (κ1) is 31.4. The van der Waals surface area contributed by atoms with Gasteiger partial charge in [0.25, 0.3) is 0 Å². The van der Waals surface area contributed by atoms with Crippen molar-refractivity contribution in [2.75, 3.05) is 0 Å². The summed E-state index contributed by atoms with van der Waals surface area (Å²) in [5.74, 6) is 3.08. The zero-order chi connectivity index (χ0) is 33.2. The SMILES string of the molecule is CCCCCc1ccnc(-n2c3ccc(CC(C)C)cc3c3ccc(Oc4cccc(-n5nc(C)c(-c6ccccc6)c5C)c4)cc32)c1. The molecule has 0 amide bonds. The highest BCUT2D eigenvalue weighted by molar-refractivity contribution is 6.09. The number of aromatic nitrogens is 4. The van der Waals surface area contributed by atoms with Gasteiger partial charge in [0, 0.05) is 40.4 Å². The second-order valence-corrected chi connectivity index (χ2v) is 13.4. The zero-order valence-corrected chi connectivity index (χ0v) is 28.7. The molecule has 3 heterocycles. The average molecular weight is 633 g/mol. The Morgan fingerprint density at radius 2 is 1.56 bits per heavy atom. The van der Waals surface area contributed by atoms with E-state index in [4.69, 9.17) is 14.8 Å². The maximum absolute atomic E-state index is 6.59. The number of unbranched alkanes of at least 4 members (excludes halogenated alkanes) is 2. The lowest BCUT2D eigenvalue weighted by atomic mass is 10.0. The lowest BCUT2D eigenvalue weighted by Crippen LogP contribution is -2.00. The van der Waals surface area contributed by atoms with Gasteiger partial charge in [-0.3, -0.25) is 4.57 Å². The van der Waals surface area contributed by atoms with E-state index in [1.807, 2.05) is 29.1 Å². The molecule has 0 radical (unpaired) electrons. The standard InChI is InChI=1S/C43H44N4O/c1-6-7-9-13-32-22-23-44-42(26-32)46-40-21-18-33(24-29(2)3)25-39(40)38-20-19-37(28-41(38)46)48-36-17-12-16-35(27-36)47-31(5)43(30(4)45-47)34-14-10-8-11-15-34/h8,10-12,14-23,25-29H,6-7,9,13,24H2,1-5H3. The minimum Gasteiger partial charge on any atom is -0.457 e. The lowest BCUT2D eigenvalue weighted by Gasteiger charge is -2.12. The van der Waals surface area contributed by atoms with Crippen LogP contribution in [0.1, 0.15) is 62.5 Å². The molecule has 0 unspecified atom stereocenters. The van der Waals surface area contributed by atoms with Gasteiger partial charge < -0.3 is 4.74 Å². The highest BCUT2D eigenvalue weighted by atomic mass is 16.5. The molecule has 4 aromatic carbocycles. The van der Waals surface area contributed by atoms with E-state index in [0.717, 1.165) is 58.3 Å². The van der Waals surface area contributed by atoms with Crippen LogP contribution in [0.5, 0.6) is 11.5 Å². The minimum absolute atomic E-state index is 0.590. The van der Waals surface area contributed by atoms with Gasteiger partial charge in [-0.2, -0.15) is 5.10 Å². The zero-order valence-electron chi connectivity index (χ0n) is 28.7. The molecular weight excluding hydrogens is 589 g/mol. The molecule has 0 saturated carbocycles. The van der Waals surface area contributed by atoms with Crippen LogP contribution in [-0.4, -0.2) is 19.3 Å². The molecule has 0 aliphatic heterocycles. The number of fused-ring (bicyclic) bond motifs is 3. The van der Waals surface area contributed by atoms with Gasteiger partial charge in [-0.25, -0.2) is 9.67 Å². The third-order valence-corrected chi connectivity index (χ3v) is 9.21. The summed E-state index contributed by atoms with van der Waals surface area (Å²) in [7, 11) is 0. The molecule has 0 atom stereocenters. The molecule has 242 valence electrons. The maximum atomic E-state index is 6.59. The summed E-state index contributed by atoms with van der Waals surface area (Å²) in [6.45, 7) is 11.0. The van der Waals surface area contributed by atoms with Crippen molar-refractivity contribution in [2.45, 2.75) is 66.7 Å². The molecule has 7 aromatic rings. The lowest BCUT2D eigenvalue weighted by molar-refractivity contribution is 0.482. The number of hydrogen-bond acceptors (Lipinski definition) is 3. The minimum atomic E-state index is 0.590. The van der Waals surface area contributed by atoms with Crippen molar-refractivity contribution in [3.63, 3.8) is 0 Å². The van der Waals surface area contributed by atoms with Gasteiger partial charge in [0.15, 0.2) is 0 Å². The Kier molecular flexibility index (Phi) is 8.86. The first-order valence-corrected chi connectivity index (χ1v) is 17.3. The first-order chi connectivity index (χ1) is 23.4. The second kappa shape index (κ2) is 13.5. The van der Waals surface area contributed by atoms with Crippen LogP contribution in [0.3, 0.4) is 0 Å². The third-order valence-electron chi connectivity index (χ3n) is 9.21. The van der Waals surface area contributed by atoms with Crippen molar-refractivity contribution in [1.29, 1.82) is 0 Å². The topological polar surface area (TPSA) is 44.9 Å². The molecule has 0 N–H and O–H groups in total. The van der Waals surface area contributed by atoms with Gasteiger partial charge in [-0.1, -0.05) is 76.1 Å². The Morgan fingerprint density at radius 3 is 2.38 bits per heavy atom. The largest absolute Gasteiger partial charge is 0.457 e. The fraction of sp³-hybridized carbons (Fsp3) is 0.256.